The van der Waals surface area contributed by atoms with Crippen molar-refractivity contribution in [2.24, 2.45) is 7.05 Å². The van der Waals surface area contributed by atoms with Crippen LogP contribution < -0.4 is 4.74 Å². The highest BCUT2D eigenvalue weighted by Gasteiger charge is 2.22. The van der Waals surface area contributed by atoms with Gasteiger partial charge in [-0.1, -0.05) is 0 Å². The van der Waals surface area contributed by atoms with Gasteiger partial charge in [-0.15, -0.1) is 11.3 Å². The molecule has 0 aliphatic heterocycles. The van der Waals surface area contributed by atoms with Crippen LogP contribution in [-0.2, 0) is 7.05 Å². The lowest BCUT2D eigenvalue weighted by Crippen LogP contribution is -2.06. The largest absolute Gasteiger partial charge is 0.493 e. The van der Waals surface area contributed by atoms with E-state index in [1.54, 1.807) is 30.1 Å². The number of aromatic nitrogens is 2. The van der Waals surface area contributed by atoms with Gasteiger partial charge in [-0.05, 0) is 29.7 Å². The van der Waals surface area contributed by atoms with Gasteiger partial charge >= 0.3 is 0 Å². The number of aliphatic hydroxyl groups is 1. The Morgan fingerprint density at radius 2 is 2.20 bits per heavy atom. The van der Waals surface area contributed by atoms with E-state index in [-0.39, 0.29) is 5.82 Å². The first-order valence-electron chi connectivity index (χ1n) is 6.03. The summed E-state index contributed by atoms with van der Waals surface area (Å²) in [6.45, 7) is 0. The summed E-state index contributed by atoms with van der Waals surface area (Å²) in [5.74, 6) is 0.248. The van der Waals surface area contributed by atoms with Crippen molar-refractivity contribution in [1.82, 2.24) is 9.78 Å². The molecule has 20 heavy (non-hydrogen) atoms. The van der Waals surface area contributed by atoms with E-state index >= 15 is 0 Å². The van der Waals surface area contributed by atoms with Crippen molar-refractivity contribution < 1.29 is 14.2 Å². The van der Waals surface area contributed by atoms with E-state index in [9.17, 15) is 9.50 Å². The maximum atomic E-state index is 13.2. The molecule has 0 radical (unpaired) electrons. The van der Waals surface area contributed by atoms with Crippen molar-refractivity contribution in [1.29, 1.82) is 0 Å². The minimum absolute atomic E-state index is 0.283. The molecule has 1 unspecified atom stereocenters. The van der Waals surface area contributed by atoms with Gasteiger partial charge in [0.1, 0.15) is 17.6 Å². The Hall–Kier alpha value is -1.92. The summed E-state index contributed by atoms with van der Waals surface area (Å²) in [5, 5.41) is 15.4. The van der Waals surface area contributed by atoms with Crippen LogP contribution in [0.5, 0.6) is 5.75 Å². The van der Waals surface area contributed by atoms with E-state index in [4.69, 9.17) is 4.74 Å². The molecule has 1 atom stereocenters. The lowest BCUT2D eigenvalue weighted by Gasteiger charge is -2.10. The molecule has 1 aromatic carbocycles. The zero-order valence-corrected chi connectivity index (χ0v) is 11.8. The highest BCUT2D eigenvalue weighted by atomic mass is 32.1. The second-order valence-electron chi connectivity index (χ2n) is 4.46. The molecule has 0 spiro atoms. The maximum Gasteiger partial charge on any atom is 0.163 e. The summed E-state index contributed by atoms with van der Waals surface area (Å²) in [7, 11) is 3.28. The van der Waals surface area contributed by atoms with Crippen LogP contribution in [0.25, 0.3) is 10.1 Å². The summed E-state index contributed by atoms with van der Waals surface area (Å²) in [5.41, 5.74) is 0.583. The Morgan fingerprint density at radius 3 is 2.95 bits per heavy atom. The molecule has 4 nitrogen and oxygen atoms in total. The first kappa shape index (κ1) is 13.1. The number of hydrogen-bond acceptors (Lipinski definition) is 4. The normalized spacial score (nSPS) is 12.8. The van der Waals surface area contributed by atoms with Crippen LogP contribution in [0.3, 0.4) is 0 Å². The van der Waals surface area contributed by atoms with Crippen LogP contribution in [0, 0.1) is 5.82 Å². The van der Waals surface area contributed by atoms with Gasteiger partial charge < -0.3 is 9.84 Å². The molecule has 2 heterocycles. The van der Waals surface area contributed by atoms with Crippen LogP contribution in [0.15, 0.2) is 30.5 Å². The SMILES string of the molecule is COc1cnn(C)c1C(O)c1cc2cc(F)ccc2s1. The summed E-state index contributed by atoms with van der Waals surface area (Å²) in [4.78, 5) is 0.729. The summed E-state index contributed by atoms with van der Waals surface area (Å²) < 4.78 is 20.9. The first-order valence-corrected chi connectivity index (χ1v) is 6.84. The van der Waals surface area contributed by atoms with E-state index in [0.29, 0.717) is 11.4 Å². The number of methoxy groups -OCH3 is 1. The molecule has 104 valence electrons. The van der Waals surface area contributed by atoms with E-state index in [0.717, 1.165) is 15.0 Å². The highest BCUT2D eigenvalue weighted by molar-refractivity contribution is 7.19. The lowest BCUT2D eigenvalue weighted by molar-refractivity contribution is 0.208. The minimum atomic E-state index is -0.849. The van der Waals surface area contributed by atoms with Crippen LogP contribution >= 0.6 is 11.3 Å². The topological polar surface area (TPSA) is 47.3 Å². The second kappa shape index (κ2) is 4.88. The van der Waals surface area contributed by atoms with Gasteiger partial charge in [-0.2, -0.15) is 5.10 Å². The molecule has 6 heteroatoms. The maximum absolute atomic E-state index is 13.2. The van der Waals surface area contributed by atoms with Gasteiger partial charge in [0.15, 0.2) is 5.75 Å². The standard InChI is InChI=1S/C14H13FN2O2S/c1-17-13(10(19-2)7-16-17)14(18)12-6-8-5-9(15)3-4-11(8)20-12/h3-7,14,18H,1-2H3. The van der Waals surface area contributed by atoms with Crippen molar-refractivity contribution in [2.45, 2.75) is 6.10 Å². The molecule has 0 aliphatic rings. The Balaban J connectivity index is 2.07. The van der Waals surface area contributed by atoms with Gasteiger partial charge in [0.2, 0.25) is 0 Å². The van der Waals surface area contributed by atoms with Gasteiger partial charge in [0, 0.05) is 16.6 Å². The fraction of sp³-hybridized carbons (Fsp3) is 0.214. The van der Waals surface area contributed by atoms with E-state index < -0.39 is 6.10 Å². The zero-order chi connectivity index (χ0) is 14.3. The average Bonchev–Trinajstić information content (AvgIpc) is 3.00. The van der Waals surface area contributed by atoms with Crippen LogP contribution in [0.1, 0.15) is 16.7 Å². The number of nitrogens with zero attached hydrogens (tertiary/aromatic N) is 2. The molecule has 0 fully saturated rings. The second-order valence-corrected chi connectivity index (χ2v) is 5.57. The van der Waals surface area contributed by atoms with Gasteiger partial charge in [0.05, 0.1) is 13.3 Å². The van der Waals surface area contributed by atoms with Crippen molar-refractivity contribution in [3.05, 3.63) is 46.9 Å². The third-order valence-electron chi connectivity index (χ3n) is 3.20. The molecule has 0 amide bonds. The van der Waals surface area contributed by atoms with Gasteiger partial charge in [-0.25, -0.2) is 4.39 Å². The zero-order valence-electron chi connectivity index (χ0n) is 11.0. The molecule has 0 saturated carbocycles. The Morgan fingerprint density at radius 1 is 1.40 bits per heavy atom. The van der Waals surface area contributed by atoms with Crippen molar-refractivity contribution in [3.8, 4) is 5.75 Å². The van der Waals surface area contributed by atoms with Crippen LogP contribution in [-0.4, -0.2) is 22.0 Å². The number of halogens is 1. The van der Waals surface area contributed by atoms with Crippen molar-refractivity contribution in [2.75, 3.05) is 7.11 Å². The number of fused-ring (bicyclic) bond motifs is 1. The number of thiophene rings is 1. The molecule has 3 rings (SSSR count). The van der Waals surface area contributed by atoms with Gasteiger partial charge in [-0.3, -0.25) is 4.68 Å². The minimum Gasteiger partial charge on any atom is -0.493 e. The van der Waals surface area contributed by atoms with Crippen molar-refractivity contribution >= 4 is 21.4 Å². The lowest BCUT2D eigenvalue weighted by atomic mass is 10.1. The van der Waals surface area contributed by atoms with E-state index in [1.165, 1.54) is 30.6 Å². The fourth-order valence-electron chi connectivity index (χ4n) is 2.20. The number of benzene rings is 1. The summed E-state index contributed by atoms with van der Waals surface area (Å²) in [6.07, 6.45) is 0.712. The molecule has 0 bridgehead atoms. The third kappa shape index (κ3) is 2.07. The summed E-state index contributed by atoms with van der Waals surface area (Å²) >= 11 is 1.43. The Kier molecular flexibility index (Phi) is 3.19. The fourth-order valence-corrected chi connectivity index (χ4v) is 3.23. The van der Waals surface area contributed by atoms with Crippen LogP contribution in [0.4, 0.5) is 4.39 Å². The van der Waals surface area contributed by atoms with E-state index in [2.05, 4.69) is 5.10 Å². The molecule has 0 saturated heterocycles. The molecule has 1 N–H and O–H groups in total. The smallest absolute Gasteiger partial charge is 0.163 e. The van der Waals surface area contributed by atoms with E-state index in [1.807, 2.05) is 0 Å². The number of aliphatic hydroxyl groups excluding tert-OH is 1. The predicted molar refractivity (Wildman–Crippen MR) is 75.6 cm³/mol. The van der Waals surface area contributed by atoms with Gasteiger partial charge in [0.25, 0.3) is 0 Å². The number of aryl methyl sites for hydroxylation is 1. The van der Waals surface area contributed by atoms with Crippen LogP contribution in [0.2, 0.25) is 0 Å². The predicted octanol–water partition coefficient (Wildman–Crippen LogP) is 2.86. The Labute approximate surface area is 119 Å². The molecular formula is C14H13FN2O2S. The Bertz CT molecular complexity index is 766. The third-order valence-corrected chi connectivity index (χ3v) is 4.36. The quantitative estimate of drug-likeness (QED) is 0.807. The summed E-state index contributed by atoms with van der Waals surface area (Å²) in [6, 6.07) is 6.38. The van der Waals surface area contributed by atoms with Crippen molar-refractivity contribution in [3.63, 3.8) is 0 Å². The monoisotopic (exact) mass is 292 g/mol. The molecule has 3 aromatic rings. The molecule has 2 aromatic heterocycles. The molecular weight excluding hydrogens is 279 g/mol. The highest BCUT2D eigenvalue weighted by Crippen LogP contribution is 2.36. The molecule has 0 aliphatic carbocycles. The number of rotatable bonds is 3. The first-order chi connectivity index (χ1) is 9.60. The number of ether oxygens (including phenoxy) is 1. The number of hydrogen-bond donors (Lipinski definition) is 1. The average molecular weight is 292 g/mol.